The molecule has 3 N–H and O–H groups in total. The lowest BCUT2D eigenvalue weighted by molar-refractivity contribution is -0.119. The predicted octanol–water partition coefficient (Wildman–Crippen LogP) is 2.61. The van der Waals surface area contributed by atoms with Crippen LogP contribution in [0.5, 0.6) is 0 Å². The van der Waals surface area contributed by atoms with Gasteiger partial charge in [-0.3, -0.25) is 4.79 Å². The third-order valence-corrected chi connectivity index (χ3v) is 3.63. The van der Waals surface area contributed by atoms with Crippen LogP contribution in [0.3, 0.4) is 0 Å². The number of nitrogen functional groups attached to an aromatic ring is 1. The van der Waals surface area contributed by atoms with Gasteiger partial charge in [0, 0.05) is 15.8 Å². The molecule has 25 heavy (non-hydrogen) atoms. The molecule has 0 unspecified atom stereocenters. The van der Waals surface area contributed by atoms with Gasteiger partial charge in [-0.25, -0.2) is 9.59 Å². The van der Waals surface area contributed by atoms with E-state index in [2.05, 4.69) is 26.0 Å². The van der Waals surface area contributed by atoms with Crippen LogP contribution in [0.25, 0.3) is 0 Å². The molecule has 8 heteroatoms. The van der Waals surface area contributed by atoms with E-state index in [4.69, 9.17) is 10.5 Å². The summed E-state index contributed by atoms with van der Waals surface area (Å²) in [6, 6.07) is 10.9. The van der Waals surface area contributed by atoms with Crippen molar-refractivity contribution in [2.24, 2.45) is 0 Å². The molecule has 2 aromatic rings. The number of ether oxygens (including phenoxy) is 2. The van der Waals surface area contributed by atoms with Crippen molar-refractivity contribution in [3.05, 3.63) is 58.1 Å². The molecular weight excluding hydrogens is 392 g/mol. The maximum atomic E-state index is 12.0. The first-order valence-corrected chi connectivity index (χ1v) is 7.90. The summed E-state index contributed by atoms with van der Waals surface area (Å²) in [4.78, 5) is 35.4. The number of methoxy groups -OCH3 is 1. The Hall–Kier alpha value is -2.87. The van der Waals surface area contributed by atoms with Crippen molar-refractivity contribution in [1.82, 2.24) is 0 Å². The van der Waals surface area contributed by atoms with Crippen LogP contribution in [0, 0.1) is 0 Å². The van der Waals surface area contributed by atoms with Crippen molar-refractivity contribution in [2.75, 3.05) is 24.8 Å². The van der Waals surface area contributed by atoms with Crippen LogP contribution in [0.1, 0.15) is 20.7 Å². The standard InChI is InChI=1S/C17H15BrN2O5/c1-24-16(22)10-3-2-4-12(7-10)20-15(21)9-25-17(23)13-8-11(18)5-6-14(13)19/h2-8H,9,19H2,1H3,(H,20,21). The summed E-state index contributed by atoms with van der Waals surface area (Å²) in [5.41, 5.74) is 6.80. The van der Waals surface area contributed by atoms with Crippen LogP contribution in [0.15, 0.2) is 46.9 Å². The number of nitrogens with two attached hydrogens (primary N) is 1. The second-order valence-electron chi connectivity index (χ2n) is 4.93. The van der Waals surface area contributed by atoms with Gasteiger partial charge in [0.1, 0.15) is 0 Å². The van der Waals surface area contributed by atoms with E-state index < -0.39 is 24.5 Å². The van der Waals surface area contributed by atoms with Gasteiger partial charge < -0.3 is 20.5 Å². The quantitative estimate of drug-likeness (QED) is 0.583. The number of hydrogen-bond donors (Lipinski definition) is 2. The third-order valence-electron chi connectivity index (χ3n) is 3.14. The zero-order valence-electron chi connectivity index (χ0n) is 13.2. The highest BCUT2D eigenvalue weighted by Crippen LogP contribution is 2.19. The number of benzene rings is 2. The maximum Gasteiger partial charge on any atom is 0.340 e. The van der Waals surface area contributed by atoms with Crippen LogP contribution in [0.2, 0.25) is 0 Å². The Balaban J connectivity index is 1.96. The van der Waals surface area contributed by atoms with Crippen LogP contribution >= 0.6 is 15.9 Å². The molecule has 0 aliphatic carbocycles. The van der Waals surface area contributed by atoms with Gasteiger partial charge >= 0.3 is 11.9 Å². The maximum absolute atomic E-state index is 12.0. The number of carbonyl (C=O) groups is 3. The molecule has 0 fully saturated rings. The molecule has 0 aliphatic heterocycles. The molecule has 1 amide bonds. The Morgan fingerprint density at radius 2 is 1.88 bits per heavy atom. The lowest BCUT2D eigenvalue weighted by atomic mass is 10.2. The Morgan fingerprint density at radius 3 is 2.60 bits per heavy atom. The molecule has 0 saturated carbocycles. The molecule has 0 bridgehead atoms. The predicted molar refractivity (Wildman–Crippen MR) is 95.2 cm³/mol. The Labute approximate surface area is 152 Å². The van der Waals surface area contributed by atoms with Gasteiger partial charge in [0.15, 0.2) is 6.61 Å². The number of rotatable bonds is 5. The minimum atomic E-state index is -0.711. The molecule has 7 nitrogen and oxygen atoms in total. The minimum absolute atomic E-state index is 0.162. The molecule has 0 saturated heterocycles. The molecule has 2 aromatic carbocycles. The monoisotopic (exact) mass is 406 g/mol. The summed E-state index contributed by atoms with van der Waals surface area (Å²) < 4.78 is 10.2. The van der Waals surface area contributed by atoms with E-state index in [0.29, 0.717) is 15.7 Å². The Bertz CT molecular complexity index is 822. The fourth-order valence-corrected chi connectivity index (χ4v) is 2.31. The SMILES string of the molecule is COC(=O)c1cccc(NC(=O)COC(=O)c2cc(Br)ccc2N)c1. The van der Waals surface area contributed by atoms with E-state index in [-0.39, 0.29) is 11.3 Å². The number of nitrogens with one attached hydrogen (secondary N) is 1. The summed E-state index contributed by atoms with van der Waals surface area (Å²) in [6.07, 6.45) is 0. The zero-order valence-corrected chi connectivity index (χ0v) is 14.8. The van der Waals surface area contributed by atoms with E-state index in [1.807, 2.05) is 0 Å². The first-order valence-electron chi connectivity index (χ1n) is 7.11. The first kappa shape index (κ1) is 18.5. The number of anilines is 2. The van der Waals surface area contributed by atoms with E-state index >= 15 is 0 Å². The van der Waals surface area contributed by atoms with Crippen LogP contribution < -0.4 is 11.1 Å². The summed E-state index contributed by atoms with van der Waals surface area (Å²) in [7, 11) is 1.26. The number of amides is 1. The second kappa shape index (κ2) is 8.29. The van der Waals surface area contributed by atoms with Gasteiger partial charge in [-0.2, -0.15) is 0 Å². The van der Waals surface area contributed by atoms with Crippen LogP contribution in [-0.2, 0) is 14.3 Å². The molecular formula is C17H15BrN2O5. The van der Waals surface area contributed by atoms with Crippen molar-refractivity contribution >= 4 is 45.2 Å². The minimum Gasteiger partial charge on any atom is -0.465 e. The largest absolute Gasteiger partial charge is 0.465 e. The highest BCUT2D eigenvalue weighted by atomic mass is 79.9. The smallest absolute Gasteiger partial charge is 0.340 e. The van der Waals surface area contributed by atoms with Gasteiger partial charge in [-0.15, -0.1) is 0 Å². The topological polar surface area (TPSA) is 108 Å². The van der Waals surface area contributed by atoms with Crippen LogP contribution in [-0.4, -0.2) is 31.6 Å². The van der Waals surface area contributed by atoms with E-state index in [0.717, 1.165) is 0 Å². The molecule has 2 rings (SSSR count). The van der Waals surface area contributed by atoms with Crippen molar-refractivity contribution in [3.63, 3.8) is 0 Å². The zero-order chi connectivity index (χ0) is 18.4. The fourth-order valence-electron chi connectivity index (χ4n) is 1.95. The van der Waals surface area contributed by atoms with Gasteiger partial charge in [0.25, 0.3) is 5.91 Å². The van der Waals surface area contributed by atoms with Gasteiger partial charge in [0.2, 0.25) is 0 Å². The summed E-state index contributed by atoms with van der Waals surface area (Å²) in [5.74, 6) is -1.78. The third kappa shape index (κ3) is 5.05. The number of halogens is 1. The lowest BCUT2D eigenvalue weighted by Gasteiger charge is -2.09. The second-order valence-corrected chi connectivity index (χ2v) is 5.84. The number of esters is 2. The number of carbonyl (C=O) groups excluding carboxylic acids is 3. The molecule has 0 aliphatic rings. The summed E-state index contributed by atoms with van der Waals surface area (Å²) in [6.45, 7) is -0.493. The van der Waals surface area contributed by atoms with Crippen molar-refractivity contribution < 1.29 is 23.9 Å². The van der Waals surface area contributed by atoms with Crippen molar-refractivity contribution in [1.29, 1.82) is 0 Å². The lowest BCUT2D eigenvalue weighted by Crippen LogP contribution is -2.21. The fraction of sp³-hybridized carbons (Fsp3) is 0.118. The average molecular weight is 407 g/mol. The molecule has 0 aromatic heterocycles. The molecule has 0 heterocycles. The van der Waals surface area contributed by atoms with Gasteiger partial charge in [-0.05, 0) is 36.4 Å². The van der Waals surface area contributed by atoms with E-state index in [9.17, 15) is 14.4 Å². The van der Waals surface area contributed by atoms with Gasteiger partial charge in [0.05, 0.1) is 18.2 Å². The highest BCUT2D eigenvalue weighted by molar-refractivity contribution is 9.10. The molecule has 130 valence electrons. The molecule has 0 atom stereocenters. The first-order chi connectivity index (χ1) is 11.9. The van der Waals surface area contributed by atoms with Crippen LogP contribution in [0.4, 0.5) is 11.4 Å². The summed E-state index contributed by atoms with van der Waals surface area (Å²) in [5, 5.41) is 2.53. The Kier molecular flexibility index (Phi) is 6.13. The normalized spacial score (nSPS) is 10.0. The van der Waals surface area contributed by atoms with Crippen molar-refractivity contribution in [3.8, 4) is 0 Å². The summed E-state index contributed by atoms with van der Waals surface area (Å²) >= 11 is 3.23. The molecule has 0 radical (unpaired) electrons. The number of hydrogen-bond acceptors (Lipinski definition) is 6. The average Bonchev–Trinajstić information content (AvgIpc) is 2.61. The van der Waals surface area contributed by atoms with E-state index in [1.165, 1.54) is 19.2 Å². The highest BCUT2D eigenvalue weighted by Gasteiger charge is 2.14. The van der Waals surface area contributed by atoms with Crippen molar-refractivity contribution in [2.45, 2.75) is 0 Å². The Morgan fingerprint density at radius 1 is 1.12 bits per heavy atom. The van der Waals surface area contributed by atoms with Gasteiger partial charge in [-0.1, -0.05) is 22.0 Å². The van der Waals surface area contributed by atoms with E-state index in [1.54, 1.807) is 30.3 Å². The molecule has 0 spiro atoms.